The maximum absolute atomic E-state index is 12.2. The lowest BCUT2D eigenvalue weighted by molar-refractivity contribution is -0.133. The molecular formula is C15H29Cl2N3O. The summed E-state index contributed by atoms with van der Waals surface area (Å²) in [5.74, 6) is 0.377. The Kier molecular flexibility index (Phi) is 8.32. The number of hydrogen-bond acceptors (Lipinski definition) is 3. The molecule has 0 aromatic rings. The molecule has 1 aliphatic carbocycles. The smallest absolute Gasteiger partial charge is 0.222 e. The molecule has 0 bridgehead atoms. The van der Waals surface area contributed by atoms with Gasteiger partial charge in [-0.25, -0.2) is 0 Å². The van der Waals surface area contributed by atoms with Crippen LogP contribution in [0.2, 0.25) is 0 Å². The minimum Gasteiger partial charge on any atom is -0.340 e. The maximum atomic E-state index is 12.2. The van der Waals surface area contributed by atoms with Gasteiger partial charge in [-0.1, -0.05) is 6.42 Å². The Balaban J connectivity index is 0.00000110. The number of carbonyl (C=O) groups is 1. The molecule has 21 heavy (non-hydrogen) atoms. The van der Waals surface area contributed by atoms with Gasteiger partial charge >= 0.3 is 0 Å². The number of amides is 1. The Morgan fingerprint density at radius 1 is 1.00 bits per heavy atom. The molecule has 124 valence electrons. The van der Waals surface area contributed by atoms with E-state index in [1.54, 1.807) is 0 Å². The number of nitrogens with zero attached hydrogens (tertiary/aromatic N) is 2. The van der Waals surface area contributed by atoms with Gasteiger partial charge in [0.2, 0.25) is 5.91 Å². The summed E-state index contributed by atoms with van der Waals surface area (Å²) in [6.07, 6.45) is 8.45. The van der Waals surface area contributed by atoms with E-state index in [4.69, 9.17) is 0 Å². The van der Waals surface area contributed by atoms with E-state index in [9.17, 15) is 4.79 Å². The number of halogens is 2. The van der Waals surface area contributed by atoms with Gasteiger partial charge in [0.1, 0.15) is 0 Å². The first-order valence-corrected chi connectivity index (χ1v) is 8.08. The average Bonchev–Trinajstić information content (AvgIpc) is 2.88. The van der Waals surface area contributed by atoms with Crippen molar-refractivity contribution < 1.29 is 4.79 Å². The normalized spacial score (nSPS) is 26.7. The lowest BCUT2D eigenvalue weighted by Gasteiger charge is -2.43. The predicted molar refractivity (Wildman–Crippen MR) is 90.5 cm³/mol. The average molecular weight is 338 g/mol. The molecule has 0 radical (unpaired) electrons. The van der Waals surface area contributed by atoms with Crippen molar-refractivity contribution in [2.24, 2.45) is 0 Å². The summed E-state index contributed by atoms with van der Waals surface area (Å²) in [6, 6.07) is 1.43. The monoisotopic (exact) mass is 337 g/mol. The highest BCUT2D eigenvalue weighted by Crippen LogP contribution is 2.25. The van der Waals surface area contributed by atoms with Crippen LogP contribution >= 0.6 is 24.8 Å². The molecule has 4 nitrogen and oxygen atoms in total. The van der Waals surface area contributed by atoms with E-state index < -0.39 is 0 Å². The zero-order chi connectivity index (χ0) is 13.1. The molecule has 2 heterocycles. The van der Waals surface area contributed by atoms with Gasteiger partial charge in [0, 0.05) is 44.7 Å². The molecule has 1 atom stereocenters. The van der Waals surface area contributed by atoms with Crippen LogP contribution in [0.1, 0.15) is 44.9 Å². The minimum absolute atomic E-state index is 0. The zero-order valence-corrected chi connectivity index (χ0v) is 14.4. The molecule has 1 amide bonds. The molecule has 2 aliphatic heterocycles. The van der Waals surface area contributed by atoms with E-state index >= 15 is 0 Å². The summed E-state index contributed by atoms with van der Waals surface area (Å²) in [7, 11) is 0. The lowest BCUT2D eigenvalue weighted by atomic mass is 9.91. The van der Waals surface area contributed by atoms with Crippen molar-refractivity contribution in [3.8, 4) is 0 Å². The third-order valence-electron chi connectivity index (χ3n) is 5.13. The van der Waals surface area contributed by atoms with Crippen molar-refractivity contribution in [1.29, 1.82) is 0 Å². The summed E-state index contributed by atoms with van der Waals surface area (Å²) >= 11 is 0. The van der Waals surface area contributed by atoms with Gasteiger partial charge in [-0.3, -0.25) is 9.69 Å². The predicted octanol–water partition coefficient (Wildman–Crippen LogP) is 2.06. The van der Waals surface area contributed by atoms with E-state index in [1.807, 2.05) is 0 Å². The Bertz CT molecular complexity index is 312. The Morgan fingerprint density at radius 2 is 1.71 bits per heavy atom. The summed E-state index contributed by atoms with van der Waals surface area (Å²) in [5.41, 5.74) is 0. The van der Waals surface area contributed by atoms with Crippen molar-refractivity contribution >= 4 is 30.7 Å². The van der Waals surface area contributed by atoms with Gasteiger partial charge in [0.25, 0.3) is 0 Å². The maximum Gasteiger partial charge on any atom is 0.222 e. The highest BCUT2D eigenvalue weighted by Gasteiger charge is 2.29. The SMILES string of the molecule is Cl.Cl.O=C(CCC1CCCN1)N1CCN(C2CCC2)CC1. The fraction of sp³-hybridized carbons (Fsp3) is 0.933. The lowest BCUT2D eigenvalue weighted by Crippen LogP contribution is -2.53. The fourth-order valence-electron chi connectivity index (χ4n) is 3.55. The van der Waals surface area contributed by atoms with Crippen LogP contribution in [0.15, 0.2) is 0 Å². The van der Waals surface area contributed by atoms with Crippen molar-refractivity contribution in [3.05, 3.63) is 0 Å². The molecule has 6 heteroatoms. The van der Waals surface area contributed by atoms with Crippen molar-refractivity contribution in [3.63, 3.8) is 0 Å². The number of carbonyl (C=O) groups excluding carboxylic acids is 1. The van der Waals surface area contributed by atoms with E-state index in [-0.39, 0.29) is 24.8 Å². The second-order valence-corrected chi connectivity index (χ2v) is 6.33. The van der Waals surface area contributed by atoms with Crippen LogP contribution in [0.25, 0.3) is 0 Å². The van der Waals surface area contributed by atoms with Gasteiger partial charge < -0.3 is 10.2 Å². The first-order valence-electron chi connectivity index (χ1n) is 8.08. The first kappa shape index (κ1) is 19.0. The second kappa shape index (κ2) is 9.19. The quantitative estimate of drug-likeness (QED) is 0.852. The summed E-state index contributed by atoms with van der Waals surface area (Å²) < 4.78 is 0. The molecule has 0 aromatic carbocycles. The largest absolute Gasteiger partial charge is 0.340 e. The first-order chi connectivity index (χ1) is 9.33. The Morgan fingerprint density at radius 3 is 2.24 bits per heavy atom. The van der Waals surface area contributed by atoms with Gasteiger partial charge in [-0.05, 0) is 38.6 Å². The third kappa shape index (κ3) is 4.98. The number of piperazine rings is 1. The van der Waals surface area contributed by atoms with E-state index in [0.717, 1.165) is 51.6 Å². The molecule has 3 fully saturated rings. The summed E-state index contributed by atoms with van der Waals surface area (Å²) in [6.45, 7) is 5.23. The Hall–Kier alpha value is -0.0300. The van der Waals surface area contributed by atoms with Crippen LogP contribution in [0.3, 0.4) is 0 Å². The van der Waals surface area contributed by atoms with Gasteiger partial charge in [0.15, 0.2) is 0 Å². The second-order valence-electron chi connectivity index (χ2n) is 6.33. The highest BCUT2D eigenvalue weighted by atomic mass is 35.5. The van der Waals surface area contributed by atoms with Crippen molar-refractivity contribution in [2.75, 3.05) is 32.7 Å². The zero-order valence-electron chi connectivity index (χ0n) is 12.8. The summed E-state index contributed by atoms with van der Waals surface area (Å²) in [4.78, 5) is 16.9. The van der Waals surface area contributed by atoms with Gasteiger partial charge in [0.05, 0.1) is 0 Å². The molecular weight excluding hydrogens is 309 g/mol. The van der Waals surface area contributed by atoms with Crippen LogP contribution in [0, 0.1) is 0 Å². The molecule has 3 aliphatic rings. The van der Waals surface area contributed by atoms with Gasteiger partial charge in [-0.2, -0.15) is 0 Å². The van der Waals surface area contributed by atoms with E-state index in [1.165, 1.54) is 32.1 Å². The number of hydrogen-bond donors (Lipinski definition) is 1. The molecule has 0 spiro atoms. The number of rotatable bonds is 4. The van der Waals surface area contributed by atoms with Gasteiger partial charge in [-0.15, -0.1) is 24.8 Å². The summed E-state index contributed by atoms with van der Waals surface area (Å²) in [5, 5.41) is 3.47. The van der Waals surface area contributed by atoms with Crippen LogP contribution in [0.5, 0.6) is 0 Å². The number of nitrogens with one attached hydrogen (secondary N) is 1. The molecule has 3 rings (SSSR count). The highest BCUT2D eigenvalue weighted by molar-refractivity contribution is 5.85. The van der Waals surface area contributed by atoms with Crippen LogP contribution < -0.4 is 5.32 Å². The fourth-order valence-corrected chi connectivity index (χ4v) is 3.55. The standard InChI is InChI=1S/C15H27N3O.2ClH/c19-15(7-6-13-3-2-8-16-13)18-11-9-17(10-12-18)14-4-1-5-14;;/h13-14,16H,1-12H2;2*1H. The molecule has 0 aromatic heterocycles. The van der Waals surface area contributed by atoms with Crippen LogP contribution in [-0.4, -0.2) is 60.5 Å². The van der Waals surface area contributed by atoms with E-state index in [2.05, 4.69) is 15.1 Å². The molecule has 1 saturated carbocycles. The minimum atomic E-state index is 0. The third-order valence-corrected chi connectivity index (χ3v) is 5.13. The topological polar surface area (TPSA) is 35.6 Å². The van der Waals surface area contributed by atoms with Crippen LogP contribution in [0.4, 0.5) is 0 Å². The molecule has 1 N–H and O–H groups in total. The molecule has 2 saturated heterocycles. The Labute approximate surface area is 140 Å². The van der Waals surface area contributed by atoms with Crippen molar-refractivity contribution in [1.82, 2.24) is 15.1 Å². The van der Waals surface area contributed by atoms with Crippen molar-refractivity contribution in [2.45, 2.75) is 57.0 Å². The van der Waals surface area contributed by atoms with E-state index in [0.29, 0.717) is 11.9 Å². The molecule has 1 unspecified atom stereocenters. The van der Waals surface area contributed by atoms with Crippen LogP contribution in [-0.2, 0) is 4.79 Å².